The first-order chi connectivity index (χ1) is 12.8. The monoisotopic (exact) mass is 368 g/mol. The standard InChI is InChI=1S/C22H24O5/c1-14-6-9-18(12-15(14)2)22(24)16(3)27-21(23)11-8-17-7-10-19(25-4)20(13-17)26-5/h6-13,16H,1-5H3/b11-8+/t16-/m0/s1. The van der Waals surface area contributed by atoms with Crippen molar-refractivity contribution in [3.8, 4) is 11.5 Å². The first-order valence-electron chi connectivity index (χ1n) is 8.58. The molecular weight excluding hydrogens is 344 g/mol. The van der Waals surface area contributed by atoms with Crippen molar-refractivity contribution < 1.29 is 23.8 Å². The number of carbonyl (C=O) groups is 2. The Morgan fingerprint density at radius 3 is 2.26 bits per heavy atom. The molecule has 142 valence electrons. The van der Waals surface area contributed by atoms with Gasteiger partial charge in [-0.15, -0.1) is 0 Å². The van der Waals surface area contributed by atoms with Crippen LogP contribution in [0, 0.1) is 13.8 Å². The summed E-state index contributed by atoms with van der Waals surface area (Å²) in [5.74, 6) is 0.344. The Kier molecular flexibility index (Phi) is 6.77. The number of aryl methyl sites for hydroxylation is 2. The predicted molar refractivity (Wildman–Crippen MR) is 104 cm³/mol. The molecule has 0 saturated heterocycles. The fourth-order valence-corrected chi connectivity index (χ4v) is 2.52. The van der Waals surface area contributed by atoms with Crippen molar-refractivity contribution in [1.29, 1.82) is 0 Å². The molecule has 0 bridgehead atoms. The van der Waals surface area contributed by atoms with Crippen LogP contribution in [-0.2, 0) is 9.53 Å². The van der Waals surface area contributed by atoms with Crippen molar-refractivity contribution in [2.75, 3.05) is 14.2 Å². The summed E-state index contributed by atoms with van der Waals surface area (Å²) in [5.41, 5.74) is 3.40. The average molecular weight is 368 g/mol. The minimum Gasteiger partial charge on any atom is -0.493 e. The van der Waals surface area contributed by atoms with Crippen molar-refractivity contribution in [3.63, 3.8) is 0 Å². The molecule has 0 aromatic heterocycles. The van der Waals surface area contributed by atoms with Gasteiger partial charge in [-0.1, -0.05) is 18.2 Å². The zero-order valence-corrected chi connectivity index (χ0v) is 16.2. The Morgan fingerprint density at radius 1 is 0.926 bits per heavy atom. The quantitative estimate of drug-likeness (QED) is 0.417. The Balaban J connectivity index is 2.02. The Hall–Kier alpha value is -3.08. The van der Waals surface area contributed by atoms with Gasteiger partial charge < -0.3 is 14.2 Å². The van der Waals surface area contributed by atoms with E-state index >= 15 is 0 Å². The van der Waals surface area contributed by atoms with Gasteiger partial charge in [0.1, 0.15) is 0 Å². The van der Waals surface area contributed by atoms with Crippen LogP contribution in [0.4, 0.5) is 0 Å². The Labute approximate surface area is 159 Å². The number of Topliss-reactive ketones (excluding diaryl/α,β-unsaturated/α-hetero) is 1. The maximum Gasteiger partial charge on any atom is 0.331 e. The topological polar surface area (TPSA) is 61.8 Å². The van der Waals surface area contributed by atoms with Crippen LogP contribution in [0.2, 0.25) is 0 Å². The maximum absolute atomic E-state index is 12.4. The van der Waals surface area contributed by atoms with Crippen molar-refractivity contribution in [3.05, 3.63) is 64.7 Å². The highest BCUT2D eigenvalue weighted by molar-refractivity contribution is 6.01. The average Bonchev–Trinajstić information content (AvgIpc) is 2.67. The lowest BCUT2D eigenvalue weighted by Gasteiger charge is -2.12. The zero-order chi connectivity index (χ0) is 20.0. The highest BCUT2D eigenvalue weighted by Gasteiger charge is 2.18. The molecule has 0 N–H and O–H groups in total. The van der Waals surface area contributed by atoms with E-state index in [2.05, 4.69) is 0 Å². The minimum atomic E-state index is -0.866. The Bertz CT molecular complexity index is 867. The number of hydrogen-bond donors (Lipinski definition) is 0. The summed E-state index contributed by atoms with van der Waals surface area (Å²) in [4.78, 5) is 24.5. The van der Waals surface area contributed by atoms with E-state index in [9.17, 15) is 9.59 Å². The number of benzene rings is 2. The maximum atomic E-state index is 12.4. The van der Waals surface area contributed by atoms with Crippen LogP contribution < -0.4 is 9.47 Å². The van der Waals surface area contributed by atoms with E-state index in [-0.39, 0.29) is 5.78 Å². The van der Waals surface area contributed by atoms with E-state index in [0.717, 1.165) is 16.7 Å². The number of ketones is 1. The molecule has 5 nitrogen and oxygen atoms in total. The second-order valence-corrected chi connectivity index (χ2v) is 6.19. The van der Waals surface area contributed by atoms with Gasteiger partial charge in [-0.05, 0) is 61.7 Å². The minimum absolute atomic E-state index is 0.231. The molecule has 27 heavy (non-hydrogen) atoms. The summed E-state index contributed by atoms with van der Waals surface area (Å²) in [6.07, 6.45) is 2.01. The smallest absolute Gasteiger partial charge is 0.331 e. The molecule has 0 aliphatic heterocycles. The molecule has 0 aliphatic carbocycles. The van der Waals surface area contributed by atoms with Crippen LogP contribution in [0.5, 0.6) is 11.5 Å². The predicted octanol–water partition coefficient (Wildman–Crippen LogP) is 4.15. The number of hydrogen-bond acceptors (Lipinski definition) is 5. The van der Waals surface area contributed by atoms with Gasteiger partial charge in [0, 0.05) is 11.6 Å². The first-order valence-corrected chi connectivity index (χ1v) is 8.58. The lowest BCUT2D eigenvalue weighted by molar-refractivity contribution is -0.140. The van der Waals surface area contributed by atoms with E-state index in [1.807, 2.05) is 26.0 Å². The molecule has 1 atom stereocenters. The molecule has 0 amide bonds. The van der Waals surface area contributed by atoms with Crippen molar-refractivity contribution >= 4 is 17.8 Å². The zero-order valence-electron chi connectivity index (χ0n) is 16.2. The molecule has 0 fully saturated rings. The number of methoxy groups -OCH3 is 2. The van der Waals surface area contributed by atoms with Crippen molar-refractivity contribution in [2.24, 2.45) is 0 Å². The molecule has 0 heterocycles. The number of rotatable bonds is 7. The van der Waals surface area contributed by atoms with Crippen LogP contribution in [0.25, 0.3) is 6.08 Å². The second kappa shape index (κ2) is 9.03. The Morgan fingerprint density at radius 2 is 1.63 bits per heavy atom. The lowest BCUT2D eigenvalue weighted by atomic mass is 10.0. The van der Waals surface area contributed by atoms with Crippen molar-refractivity contribution in [1.82, 2.24) is 0 Å². The third-order valence-electron chi connectivity index (χ3n) is 4.27. The summed E-state index contributed by atoms with van der Waals surface area (Å²) in [5, 5.41) is 0. The summed E-state index contributed by atoms with van der Waals surface area (Å²) in [6, 6.07) is 10.7. The van der Waals surface area contributed by atoms with Gasteiger partial charge in [-0.3, -0.25) is 4.79 Å². The molecule has 0 spiro atoms. The fourth-order valence-electron chi connectivity index (χ4n) is 2.52. The molecule has 0 aliphatic rings. The summed E-state index contributed by atoms with van der Waals surface area (Å²) in [7, 11) is 3.10. The van der Waals surface area contributed by atoms with Gasteiger partial charge in [-0.2, -0.15) is 0 Å². The largest absolute Gasteiger partial charge is 0.493 e. The molecule has 0 saturated carbocycles. The van der Waals surface area contributed by atoms with E-state index < -0.39 is 12.1 Å². The van der Waals surface area contributed by atoms with Gasteiger partial charge in [-0.25, -0.2) is 4.79 Å². The van der Waals surface area contributed by atoms with Crippen LogP contribution in [-0.4, -0.2) is 32.1 Å². The van der Waals surface area contributed by atoms with E-state index in [0.29, 0.717) is 17.1 Å². The number of esters is 1. The molecule has 2 rings (SSSR count). The van der Waals surface area contributed by atoms with Gasteiger partial charge in [0.2, 0.25) is 5.78 Å². The van der Waals surface area contributed by atoms with Crippen LogP contribution in [0.15, 0.2) is 42.5 Å². The van der Waals surface area contributed by atoms with Crippen molar-refractivity contribution in [2.45, 2.75) is 26.9 Å². The normalized spacial score (nSPS) is 11.9. The van der Waals surface area contributed by atoms with E-state index in [4.69, 9.17) is 14.2 Å². The van der Waals surface area contributed by atoms with E-state index in [1.54, 1.807) is 51.5 Å². The first kappa shape index (κ1) is 20.2. The molecule has 2 aromatic carbocycles. The highest BCUT2D eigenvalue weighted by atomic mass is 16.5. The third kappa shape index (κ3) is 5.20. The summed E-state index contributed by atoms with van der Waals surface area (Å²) >= 11 is 0. The number of carbonyl (C=O) groups excluding carboxylic acids is 2. The van der Waals surface area contributed by atoms with E-state index in [1.165, 1.54) is 6.08 Å². The van der Waals surface area contributed by atoms with Crippen LogP contribution in [0.3, 0.4) is 0 Å². The highest BCUT2D eigenvalue weighted by Crippen LogP contribution is 2.28. The second-order valence-electron chi connectivity index (χ2n) is 6.19. The molecule has 2 aromatic rings. The molecule has 0 unspecified atom stereocenters. The van der Waals surface area contributed by atoms with Crippen LogP contribution >= 0.6 is 0 Å². The van der Waals surface area contributed by atoms with Gasteiger partial charge in [0.25, 0.3) is 0 Å². The molecule has 0 radical (unpaired) electrons. The third-order valence-corrected chi connectivity index (χ3v) is 4.27. The lowest BCUT2D eigenvalue weighted by Crippen LogP contribution is -2.23. The fraction of sp³-hybridized carbons (Fsp3) is 0.273. The SMILES string of the molecule is COc1ccc(/C=C/C(=O)O[C@@H](C)C(=O)c2ccc(C)c(C)c2)cc1OC. The van der Waals surface area contributed by atoms with Gasteiger partial charge >= 0.3 is 5.97 Å². The van der Waals surface area contributed by atoms with Crippen LogP contribution in [0.1, 0.15) is 34.0 Å². The van der Waals surface area contributed by atoms with Gasteiger partial charge in [0.15, 0.2) is 17.6 Å². The molecule has 5 heteroatoms. The summed E-state index contributed by atoms with van der Waals surface area (Å²) in [6.45, 7) is 5.49. The molecular formula is C22H24O5. The van der Waals surface area contributed by atoms with Gasteiger partial charge in [0.05, 0.1) is 14.2 Å². The number of ether oxygens (including phenoxy) is 3. The summed E-state index contributed by atoms with van der Waals surface area (Å²) < 4.78 is 15.6.